The molecule has 33 nitrogen and oxygen atoms in total. The summed E-state index contributed by atoms with van der Waals surface area (Å²) in [7, 11) is -4.67. The molecular weight excluding hydrogens is 1200 g/mol. The third kappa shape index (κ3) is 32.1. The molecule has 13 atom stereocenters. The van der Waals surface area contributed by atoms with Crippen LogP contribution < -0.4 is 87.2 Å². The largest absolute Gasteiger partial charge is 0.394 e. The first-order valence-electron chi connectivity index (χ1n) is 30.2. The zero-order chi connectivity index (χ0) is 68.3. The second-order valence-corrected chi connectivity index (χ2v) is 23.4. The molecule has 1 heterocycles. The van der Waals surface area contributed by atoms with Gasteiger partial charge in [0.05, 0.1) is 12.2 Å². The molecular formula is C56H100N16O17S. The van der Waals surface area contributed by atoms with E-state index >= 15 is 0 Å². The highest BCUT2D eigenvalue weighted by Crippen LogP contribution is 2.14. The molecule has 34 heteroatoms. The molecule has 1 aliphatic rings. The maximum Gasteiger partial charge on any atom is 0.394 e. The van der Waals surface area contributed by atoms with Gasteiger partial charge in [-0.2, -0.15) is 8.42 Å². The van der Waals surface area contributed by atoms with E-state index in [1.807, 2.05) is 0 Å². The Morgan fingerprint density at radius 1 is 0.578 bits per heavy atom. The molecule has 25 N–H and O–H groups in total. The van der Waals surface area contributed by atoms with Crippen LogP contribution >= 0.6 is 0 Å². The van der Waals surface area contributed by atoms with Crippen molar-refractivity contribution in [1.29, 1.82) is 0 Å². The van der Waals surface area contributed by atoms with E-state index in [9.17, 15) is 63.0 Å². The Balaban J connectivity index is 0.00000776. The second-order valence-electron chi connectivity index (χ2n) is 22.5. The highest BCUT2D eigenvalue weighted by atomic mass is 32.3. The zero-order valence-corrected chi connectivity index (χ0v) is 53.1. The Bertz CT molecular complexity index is 2560. The number of hydrogen-bond acceptors (Lipinski definition) is 20. The summed E-state index contributed by atoms with van der Waals surface area (Å²) in [6.07, 6.45) is -1.05. The van der Waals surface area contributed by atoms with Crippen LogP contribution in [0.3, 0.4) is 0 Å². The fourth-order valence-corrected chi connectivity index (χ4v) is 9.12. The quantitative estimate of drug-likeness (QED) is 0.0262. The van der Waals surface area contributed by atoms with Gasteiger partial charge in [0.2, 0.25) is 65.0 Å². The van der Waals surface area contributed by atoms with Gasteiger partial charge in [-0.05, 0) is 115 Å². The molecule has 0 radical (unpaired) electrons. The normalized spacial score (nSPS) is 22.3. The van der Waals surface area contributed by atoms with Crippen molar-refractivity contribution in [2.24, 2.45) is 40.5 Å². The lowest BCUT2D eigenvalue weighted by Crippen LogP contribution is -2.62. The number of nitrogens with one attached hydrogen (secondary N) is 11. The van der Waals surface area contributed by atoms with Crippen LogP contribution in [-0.2, 0) is 69.6 Å². The van der Waals surface area contributed by atoms with Crippen LogP contribution in [0.25, 0.3) is 0 Å². The Kier molecular flexibility index (Phi) is 38.6. The molecule has 1 aliphatic heterocycles. The van der Waals surface area contributed by atoms with E-state index in [4.69, 9.17) is 46.2 Å². The summed E-state index contributed by atoms with van der Waals surface area (Å²) < 4.78 is 31.6. The number of hydrogen-bond donors (Lipinski definition) is 20. The summed E-state index contributed by atoms with van der Waals surface area (Å²) in [6, 6.07) is -6.23. The predicted molar refractivity (Wildman–Crippen MR) is 330 cm³/mol. The van der Waals surface area contributed by atoms with Crippen molar-refractivity contribution in [2.75, 3.05) is 39.3 Å². The Labute approximate surface area is 525 Å². The van der Waals surface area contributed by atoms with Crippen molar-refractivity contribution in [3.05, 3.63) is 35.9 Å². The molecule has 1 saturated heterocycles. The van der Waals surface area contributed by atoms with Crippen LogP contribution in [-0.4, -0.2) is 205 Å². The van der Waals surface area contributed by atoms with E-state index in [0.29, 0.717) is 17.9 Å². The van der Waals surface area contributed by atoms with E-state index in [1.165, 1.54) is 13.8 Å². The van der Waals surface area contributed by atoms with E-state index in [0.717, 1.165) is 19.3 Å². The monoisotopic (exact) mass is 1300 g/mol. The Hall–Kier alpha value is -7.02. The number of carbonyl (C=O) groups excluding carboxylic acids is 11. The van der Waals surface area contributed by atoms with Crippen LogP contribution in [0.4, 0.5) is 0 Å². The van der Waals surface area contributed by atoms with Gasteiger partial charge in [-0.15, -0.1) is 0 Å². The average molecular weight is 1300 g/mol. The zero-order valence-electron chi connectivity index (χ0n) is 52.3. The molecule has 11 amide bonds. The summed E-state index contributed by atoms with van der Waals surface area (Å²) in [4.78, 5) is 154. The topological polar surface area (TPSA) is 565 Å². The molecule has 0 aromatic heterocycles. The highest BCUT2D eigenvalue weighted by molar-refractivity contribution is 7.79. The SMILES string of the molecule is CCC(C)CCCCC(=O)N[C@H](CCN)C(=O)NC(C(=O)N[C@H](CCN)C(=O)NC1CCNC(=O)C(C(C)O)NC(=O)[C@H](CCN)NC(=O)[C@H](CCN)NC(=O)[C@@H](CC(C)C)NC(=O)[C@@H](Cc2ccccc2)NC(=O)C(CCN)NC1=O)[C@@H](C)O.O=S(=O)(O)O. The number of nitrogens with two attached hydrogens (primary N) is 5. The standard InChI is InChI=1S/C56H98N16O13.H2O4S/c1-7-32(4)13-11-12-16-44(75)63-36(17-23-57)51(80)72-46(34(6)74)56(85)68-39(20-26-60)48(77)67-41-22-28-62-55(84)45(33(5)73)71-52(81)40(21-27-61)65-47(76)37(18-24-58)66-53(82)42(29-31(2)3)69-54(83)43(30-35-14-9-8-10-15-35)70-49(78)38(19-25-59)64-50(41)79;1-5(2,3)4/h8-10,14-15,31-34,36-43,45-46,73-74H,7,11-13,16-30,57-61H2,1-6H3,(H,62,84)(H,63,75)(H,64,79)(H,65,76)(H,66,82)(H,67,77)(H,68,85)(H,69,83)(H,70,78)(H,71,81)(H,72,80);(H2,1,2,3,4)/t32?,33?,34-,36-,37+,38?,39-,40+,41?,42-,43-,45?,46?;/m1./s1. The average Bonchev–Trinajstić information content (AvgIpc) is 1.33. The van der Waals surface area contributed by atoms with E-state index in [1.54, 1.807) is 44.2 Å². The summed E-state index contributed by atoms with van der Waals surface area (Å²) in [5.74, 6) is -9.45. The van der Waals surface area contributed by atoms with E-state index in [-0.39, 0.29) is 90.0 Å². The first kappa shape index (κ1) is 81.0. The van der Waals surface area contributed by atoms with Gasteiger partial charge in [0.1, 0.15) is 60.4 Å². The molecule has 0 spiro atoms. The Morgan fingerprint density at radius 2 is 1.04 bits per heavy atom. The first-order chi connectivity index (χ1) is 42.3. The molecule has 1 aromatic rings. The first-order valence-corrected chi connectivity index (χ1v) is 31.6. The van der Waals surface area contributed by atoms with Crippen molar-refractivity contribution in [1.82, 2.24) is 58.5 Å². The van der Waals surface area contributed by atoms with Crippen molar-refractivity contribution in [3.63, 3.8) is 0 Å². The lowest BCUT2D eigenvalue weighted by atomic mass is 10.00. The maximum absolute atomic E-state index is 14.5. The molecule has 0 bridgehead atoms. The molecule has 2 rings (SSSR count). The van der Waals surface area contributed by atoms with Crippen molar-refractivity contribution in [2.45, 2.75) is 198 Å². The molecule has 0 aliphatic carbocycles. The molecule has 512 valence electrons. The van der Waals surface area contributed by atoms with Crippen LogP contribution in [0.2, 0.25) is 0 Å². The second kappa shape index (κ2) is 42.9. The van der Waals surface area contributed by atoms with Crippen LogP contribution in [0.1, 0.15) is 124 Å². The van der Waals surface area contributed by atoms with Crippen LogP contribution in [0.15, 0.2) is 30.3 Å². The highest BCUT2D eigenvalue weighted by Gasteiger charge is 2.37. The summed E-state index contributed by atoms with van der Waals surface area (Å²) in [5, 5.41) is 49.7. The number of benzene rings is 1. The number of aliphatic hydroxyl groups is 2. The van der Waals surface area contributed by atoms with E-state index < -0.39 is 161 Å². The summed E-state index contributed by atoms with van der Waals surface area (Å²) in [5.41, 5.74) is 29.9. The van der Waals surface area contributed by atoms with Gasteiger partial charge < -0.3 is 97.4 Å². The minimum atomic E-state index is -4.67. The van der Waals surface area contributed by atoms with Gasteiger partial charge in [0.15, 0.2) is 0 Å². The molecule has 1 fully saturated rings. The van der Waals surface area contributed by atoms with Crippen molar-refractivity contribution in [3.8, 4) is 0 Å². The lowest BCUT2D eigenvalue weighted by molar-refractivity contribution is -0.137. The minimum Gasteiger partial charge on any atom is -0.391 e. The summed E-state index contributed by atoms with van der Waals surface area (Å²) in [6.45, 7) is 9.00. The fourth-order valence-electron chi connectivity index (χ4n) is 9.12. The summed E-state index contributed by atoms with van der Waals surface area (Å²) >= 11 is 0. The third-order valence-electron chi connectivity index (χ3n) is 14.3. The smallest absolute Gasteiger partial charge is 0.391 e. The van der Waals surface area contributed by atoms with Gasteiger partial charge in [0, 0.05) is 19.4 Å². The van der Waals surface area contributed by atoms with Crippen molar-refractivity contribution >= 4 is 75.4 Å². The lowest BCUT2D eigenvalue weighted by Gasteiger charge is -2.29. The maximum atomic E-state index is 14.5. The number of carbonyl (C=O) groups is 11. The molecule has 1 aromatic carbocycles. The van der Waals surface area contributed by atoms with Crippen LogP contribution in [0.5, 0.6) is 0 Å². The van der Waals surface area contributed by atoms with E-state index in [2.05, 4.69) is 72.3 Å². The minimum absolute atomic E-state index is 0.0173. The van der Waals surface area contributed by atoms with Crippen molar-refractivity contribution < 1.29 is 80.5 Å². The Morgan fingerprint density at radius 3 is 1.52 bits per heavy atom. The number of amides is 11. The fraction of sp³-hybridized carbons (Fsp3) is 0.696. The molecule has 6 unspecified atom stereocenters. The number of aliphatic hydroxyl groups excluding tert-OH is 2. The van der Waals surface area contributed by atoms with Gasteiger partial charge in [-0.3, -0.25) is 61.8 Å². The number of rotatable bonds is 29. The molecule has 0 saturated carbocycles. The van der Waals surface area contributed by atoms with Gasteiger partial charge in [-0.25, -0.2) is 0 Å². The van der Waals surface area contributed by atoms with Crippen LogP contribution in [0, 0.1) is 11.8 Å². The number of unbranched alkanes of at least 4 members (excludes halogenated alkanes) is 1. The predicted octanol–water partition coefficient (Wildman–Crippen LogP) is -5.90. The van der Waals surface area contributed by atoms with Gasteiger partial charge in [0.25, 0.3) is 0 Å². The van der Waals surface area contributed by atoms with Gasteiger partial charge >= 0.3 is 10.4 Å². The van der Waals surface area contributed by atoms with Gasteiger partial charge in [-0.1, -0.05) is 77.3 Å². The third-order valence-corrected chi connectivity index (χ3v) is 14.3. The molecule has 90 heavy (non-hydrogen) atoms.